The number of carbonyl (C=O) groups excluding carboxylic acids is 1. The van der Waals surface area contributed by atoms with E-state index in [0.29, 0.717) is 28.8 Å². The summed E-state index contributed by atoms with van der Waals surface area (Å²) in [7, 11) is 3.94. The molecule has 6 rings (SSSR count). The smallest absolute Gasteiger partial charge is 0.159 e. The van der Waals surface area contributed by atoms with E-state index >= 15 is 0 Å². The number of ether oxygens (including phenoxy) is 1. The highest BCUT2D eigenvalue weighted by Gasteiger charge is 2.18. The molecule has 1 atom stereocenters. The number of anilines is 2. The summed E-state index contributed by atoms with van der Waals surface area (Å²) in [6.45, 7) is 3.03. The van der Waals surface area contributed by atoms with Gasteiger partial charge in [-0.05, 0) is 87.0 Å². The second kappa shape index (κ2) is 11.4. The van der Waals surface area contributed by atoms with Gasteiger partial charge in [0.25, 0.3) is 0 Å². The monoisotopic (exact) mass is 557 g/mol. The van der Waals surface area contributed by atoms with Gasteiger partial charge in [-0.3, -0.25) is 19.4 Å². The lowest BCUT2D eigenvalue weighted by Crippen LogP contribution is -2.22. The fraction of sp³-hybridized carbons (Fsp3) is 0.242. The zero-order valence-electron chi connectivity index (χ0n) is 23.8. The van der Waals surface area contributed by atoms with Crippen LogP contribution in [0.25, 0.3) is 21.9 Å². The molecule has 0 amide bonds. The molecule has 1 N–H and O–H groups in total. The van der Waals surface area contributed by atoms with Crippen LogP contribution in [0.15, 0.2) is 73.2 Å². The maximum Gasteiger partial charge on any atom is 0.159 e. The highest BCUT2D eigenvalue weighted by molar-refractivity contribution is 5.97. The number of hydrogen-bond donors (Lipinski definition) is 1. The second-order valence-electron chi connectivity index (χ2n) is 10.8. The normalized spacial score (nSPS) is 15.4. The molecule has 0 aliphatic carbocycles. The Balaban J connectivity index is 1.23. The minimum atomic E-state index is 0.0534. The molecule has 1 aliphatic heterocycles. The first-order valence-corrected chi connectivity index (χ1v) is 13.9. The third-order valence-electron chi connectivity index (χ3n) is 7.73. The summed E-state index contributed by atoms with van der Waals surface area (Å²) < 4.78 is 7.85. The molecule has 42 heavy (non-hydrogen) atoms. The molecule has 9 nitrogen and oxygen atoms in total. The Morgan fingerprint density at radius 3 is 2.81 bits per heavy atom. The number of nitrogens with zero attached hydrogens (tertiary/aromatic N) is 6. The first-order chi connectivity index (χ1) is 20.4. The zero-order valence-corrected chi connectivity index (χ0v) is 23.8. The lowest BCUT2D eigenvalue weighted by atomic mass is 10.0. The van der Waals surface area contributed by atoms with Gasteiger partial charge in [0.2, 0.25) is 0 Å². The highest BCUT2D eigenvalue weighted by Crippen LogP contribution is 2.33. The molecule has 9 heteroatoms. The number of aromatic nitrogens is 4. The summed E-state index contributed by atoms with van der Waals surface area (Å²) >= 11 is 0. The summed E-state index contributed by atoms with van der Waals surface area (Å²) in [6.07, 6.45) is 11.3. The Morgan fingerprint density at radius 1 is 1.14 bits per heavy atom. The summed E-state index contributed by atoms with van der Waals surface area (Å²) in [6, 6.07) is 16.0. The molecule has 0 unspecified atom stereocenters. The molecular weight excluding hydrogens is 526 g/mol. The van der Waals surface area contributed by atoms with Gasteiger partial charge in [0.05, 0.1) is 29.2 Å². The number of nitrogens with one attached hydrogen (secondary N) is 1. The number of hydrogen-bond acceptors (Lipinski definition) is 8. The van der Waals surface area contributed by atoms with E-state index in [1.54, 1.807) is 29.3 Å². The fourth-order valence-corrected chi connectivity index (χ4v) is 5.42. The number of pyridine rings is 2. The summed E-state index contributed by atoms with van der Waals surface area (Å²) in [4.78, 5) is 24.0. The Bertz CT molecular complexity index is 1890. The number of likely N-dealkylation sites (N-methyl/N-ethyl adjacent to an activating group) is 1. The second-order valence-corrected chi connectivity index (χ2v) is 10.8. The SMILES string of the molecule is Cc1cc(Nc2c(C#N)cnc3ccc(CC(=O)/C=C/[C@H]4CCCN4C)cc23)ccc1Oc1cnc2c(cnn2C)c1. The Labute approximate surface area is 244 Å². The molecule has 5 aromatic rings. The van der Waals surface area contributed by atoms with E-state index in [9.17, 15) is 10.1 Å². The lowest BCUT2D eigenvalue weighted by Gasteiger charge is -2.15. The molecule has 4 heterocycles. The molecule has 2 aromatic carbocycles. The molecule has 1 aliphatic rings. The van der Waals surface area contributed by atoms with Crippen molar-refractivity contribution in [2.45, 2.75) is 32.2 Å². The van der Waals surface area contributed by atoms with Crippen LogP contribution in [-0.2, 0) is 18.3 Å². The minimum absolute atomic E-state index is 0.0534. The molecule has 0 radical (unpaired) electrons. The third kappa shape index (κ3) is 5.57. The van der Waals surface area contributed by atoms with Gasteiger partial charge in [-0.2, -0.15) is 10.4 Å². The zero-order chi connectivity index (χ0) is 29.2. The molecule has 0 spiro atoms. The minimum Gasteiger partial charge on any atom is -0.455 e. The number of aryl methyl sites for hydroxylation is 2. The number of allylic oxidation sites excluding steroid dienone is 1. The van der Waals surface area contributed by atoms with Crippen molar-refractivity contribution >= 4 is 39.1 Å². The predicted octanol–water partition coefficient (Wildman–Crippen LogP) is 5.99. The first-order valence-electron chi connectivity index (χ1n) is 13.9. The van der Waals surface area contributed by atoms with E-state index in [2.05, 4.69) is 38.4 Å². The van der Waals surface area contributed by atoms with Crippen LogP contribution in [0.5, 0.6) is 11.5 Å². The van der Waals surface area contributed by atoms with Crippen LogP contribution in [0.4, 0.5) is 11.4 Å². The van der Waals surface area contributed by atoms with Crippen LogP contribution < -0.4 is 10.1 Å². The van der Waals surface area contributed by atoms with E-state index < -0.39 is 0 Å². The number of rotatable bonds is 8. The fourth-order valence-electron chi connectivity index (χ4n) is 5.42. The standard InChI is InChI=1S/C33H31N7O2/c1-21-13-25(7-11-31(21)42-28-16-23-19-37-40(3)33(23)36-20-28)38-32-24(17-34)18-35-30-10-6-22(15-29(30)32)14-27(41)9-8-26-5-4-12-39(26)2/h6-11,13,15-16,18-20,26H,4-5,12,14H2,1-3H3,(H,35,38)/b9-8+/t26-/m1/s1. The van der Waals surface area contributed by atoms with E-state index in [4.69, 9.17) is 4.74 Å². The topological polar surface area (TPSA) is 109 Å². The lowest BCUT2D eigenvalue weighted by molar-refractivity contribution is -0.114. The van der Waals surface area contributed by atoms with Crippen molar-refractivity contribution in [1.82, 2.24) is 24.6 Å². The maximum atomic E-state index is 12.8. The molecule has 210 valence electrons. The van der Waals surface area contributed by atoms with Gasteiger partial charge in [-0.1, -0.05) is 12.1 Å². The molecular formula is C33H31N7O2. The van der Waals surface area contributed by atoms with E-state index in [0.717, 1.165) is 58.1 Å². The number of benzene rings is 2. The van der Waals surface area contributed by atoms with Crippen LogP contribution in [0.1, 0.15) is 29.5 Å². The van der Waals surface area contributed by atoms with Crippen molar-refractivity contribution in [3.63, 3.8) is 0 Å². The number of fused-ring (bicyclic) bond motifs is 2. The average Bonchev–Trinajstić information content (AvgIpc) is 3.57. The molecule has 1 fully saturated rings. The quantitative estimate of drug-likeness (QED) is 0.232. The van der Waals surface area contributed by atoms with Crippen LogP contribution in [0.2, 0.25) is 0 Å². The highest BCUT2D eigenvalue weighted by atomic mass is 16.5. The maximum absolute atomic E-state index is 12.8. The number of nitriles is 1. The molecule has 3 aromatic heterocycles. The van der Waals surface area contributed by atoms with E-state index in [1.165, 1.54) is 0 Å². The van der Waals surface area contributed by atoms with Crippen molar-refractivity contribution in [3.05, 3.63) is 89.9 Å². The predicted molar refractivity (Wildman–Crippen MR) is 163 cm³/mol. The van der Waals surface area contributed by atoms with Crippen LogP contribution >= 0.6 is 0 Å². The Morgan fingerprint density at radius 2 is 2.02 bits per heavy atom. The van der Waals surface area contributed by atoms with Crippen LogP contribution in [-0.4, -0.2) is 50.1 Å². The van der Waals surface area contributed by atoms with E-state index in [1.807, 2.05) is 62.5 Å². The van der Waals surface area contributed by atoms with Gasteiger partial charge < -0.3 is 10.1 Å². The summed E-state index contributed by atoms with van der Waals surface area (Å²) in [5.41, 5.74) is 5.19. The number of likely N-dealkylation sites (tertiary alicyclic amines) is 1. The van der Waals surface area contributed by atoms with E-state index in [-0.39, 0.29) is 12.2 Å². The van der Waals surface area contributed by atoms with Crippen molar-refractivity contribution in [1.29, 1.82) is 5.26 Å². The molecule has 1 saturated heterocycles. The summed E-state index contributed by atoms with van der Waals surface area (Å²) in [5.74, 6) is 1.37. The van der Waals surface area contributed by atoms with Gasteiger partial charge >= 0.3 is 0 Å². The van der Waals surface area contributed by atoms with Gasteiger partial charge in [-0.15, -0.1) is 0 Å². The largest absolute Gasteiger partial charge is 0.455 e. The molecule has 0 saturated carbocycles. The van der Waals surface area contributed by atoms with Gasteiger partial charge in [0, 0.05) is 42.2 Å². The van der Waals surface area contributed by atoms with Gasteiger partial charge in [-0.25, -0.2) is 4.98 Å². The Hall–Kier alpha value is -5.07. The van der Waals surface area contributed by atoms with Crippen molar-refractivity contribution in [3.8, 4) is 17.6 Å². The van der Waals surface area contributed by atoms with Crippen molar-refractivity contribution < 1.29 is 9.53 Å². The molecule has 0 bridgehead atoms. The third-order valence-corrected chi connectivity index (χ3v) is 7.73. The number of carbonyl (C=O) groups is 1. The number of ketones is 1. The average molecular weight is 558 g/mol. The van der Waals surface area contributed by atoms with Crippen LogP contribution in [0.3, 0.4) is 0 Å². The van der Waals surface area contributed by atoms with Gasteiger partial charge in [0.15, 0.2) is 11.4 Å². The first kappa shape index (κ1) is 27.1. The summed E-state index contributed by atoms with van der Waals surface area (Å²) in [5, 5.41) is 19.2. The van der Waals surface area contributed by atoms with Crippen molar-refractivity contribution in [2.75, 3.05) is 18.9 Å². The Kier molecular flexibility index (Phi) is 7.38. The van der Waals surface area contributed by atoms with Gasteiger partial charge in [0.1, 0.15) is 17.6 Å². The van der Waals surface area contributed by atoms with Crippen LogP contribution in [0, 0.1) is 18.3 Å². The van der Waals surface area contributed by atoms with Crippen molar-refractivity contribution in [2.24, 2.45) is 7.05 Å².